The van der Waals surface area contributed by atoms with Gasteiger partial charge < -0.3 is 19.0 Å². The molecule has 0 bridgehead atoms. The summed E-state index contributed by atoms with van der Waals surface area (Å²) >= 11 is 0. The molecule has 0 N–H and O–H groups in total. The molecule has 0 aliphatic carbocycles. The fourth-order valence-electron chi connectivity index (χ4n) is 3.94. The molecule has 1 aliphatic heterocycles. The standard InChI is InChI=1S/C25H25N7O2/c1-33-18-21-17-31(23-4-2-3-9-26-23)11-12-32(21)25-29-15-20(16-30-25)6-5-19-7-8-22(28-14-19)24-27-10-13-34-24/h2-10,13-16,21H,11-12,17-18H2,1H3/b6-5+/t21-/m1/s1. The van der Waals surface area contributed by atoms with E-state index in [1.807, 2.05) is 61.1 Å². The van der Waals surface area contributed by atoms with Gasteiger partial charge in [0, 0.05) is 57.1 Å². The molecular weight excluding hydrogens is 430 g/mol. The highest BCUT2D eigenvalue weighted by molar-refractivity contribution is 5.69. The molecular formula is C25H25N7O2. The van der Waals surface area contributed by atoms with Crippen molar-refractivity contribution < 1.29 is 9.15 Å². The molecule has 5 rings (SSSR count). The summed E-state index contributed by atoms with van der Waals surface area (Å²) in [6, 6.07) is 9.96. The minimum absolute atomic E-state index is 0.135. The van der Waals surface area contributed by atoms with Crippen molar-refractivity contribution in [3.8, 4) is 11.6 Å². The molecule has 172 valence electrons. The smallest absolute Gasteiger partial charge is 0.244 e. The number of hydrogen-bond donors (Lipinski definition) is 0. The summed E-state index contributed by atoms with van der Waals surface area (Å²) in [5.74, 6) is 2.19. The lowest BCUT2D eigenvalue weighted by Crippen LogP contribution is -2.56. The summed E-state index contributed by atoms with van der Waals surface area (Å²) in [4.78, 5) is 26.7. The predicted molar refractivity (Wildman–Crippen MR) is 130 cm³/mol. The van der Waals surface area contributed by atoms with Gasteiger partial charge in [-0.05, 0) is 23.8 Å². The lowest BCUT2D eigenvalue weighted by atomic mass is 10.1. The molecule has 1 fully saturated rings. The monoisotopic (exact) mass is 455 g/mol. The molecule has 1 atom stereocenters. The third-order valence-corrected chi connectivity index (χ3v) is 5.64. The zero-order chi connectivity index (χ0) is 23.2. The van der Waals surface area contributed by atoms with Crippen molar-refractivity contribution in [2.75, 3.05) is 43.2 Å². The maximum Gasteiger partial charge on any atom is 0.244 e. The number of rotatable bonds is 7. The summed E-state index contributed by atoms with van der Waals surface area (Å²) in [5.41, 5.74) is 2.57. The number of oxazole rings is 1. The van der Waals surface area contributed by atoms with E-state index < -0.39 is 0 Å². The Kier molecular flexibility index (Phi) is 6.53. The first-order valence-corrected chi connectivity index (χ1v) is 11.1. The highest BCUT2D eigenvalue weighted by Crippen LogP contribution is 2.21. The zero-order valence-corrected chi connectivity index (χ0v) is 18.9. The molecule has 1 saturated heterocycles. The van der Waals surface area contributed by atoms with Gasteiger partial charge in [-0.1, -0.05) is 24.3 Å². The van der Waals surface area contributed by atoms with E-state index in [0.29, 0.717) is 24.1 Å². The number of nitrogens with zero attached hydrogens (tertiary/aromatic N) is 7. The number of hydrogen-bond acceptors (Lipinski definition) is 9. The summed E-state index contributed by atoms with van der Waals surface area (Å²) in [7, 11) is 1.72. The molecule has 0 spiro atoms. The fraction of sp³-hybridized carbons (Fsp3) is 0.240. The second-order valence-electron chi connectivity index (χ2n) is 7.90. The molecule has 0 amide bonds. The van der Waals surface area contributed by atoms with E-state index in [1.54, 1.807) is 19.5 Å². The number of aromatic nitrogens is 5. The molecule has 0 saturated carbocycles. The Morgan fingerprint density at radius 3 is 2.50 bits per heavy atom. The third kappa shape index (κ3) is 4.94. The van der Waals surface area contributed by atoms with E-state index in [-0.39, 0.29) is 6.04 Å². The van der Waals surface area contributed by atoms with Crippen molar-refractivity contribution in [2.45, 2.75) is 6.04 Å². The van der Waals surface area contributed by atoms with E-state index in [4.69, 9.17) is 9.15 Å². The van der Waals surface area contributed by atoms with E-state index in [2.05, 4.69) is 34.7 Å². The normalized spacial score (nSPS) is 16.3. The second-order valence-corrected chi connectivity index (χ2v) is 7.90. The van der Waals surface area contributed by atoms with Gasteiger partial charge in [-0.15, -0.1) is 0 Å². The number of anilines is 2. The van der Waals surface area contributed by atoms with E-state index in [9.17, 15) is 0 Å². The van der Waals surface area contributed by atoms with Crippen LogP contribution in [0.5, 0.6) is 0 Å². The van der Waals surface area contributed by atoms with Crippen LogP contribution in [-0.4, -0.2) is 64.3 Å². The van der Waals surface area contributed by atoms with Gasteiger partial charge in [0.1, 0.15) is 17.8 Å². The first-order chi connectivity index (χ1) is 16.8. The highest BCUT2D eigenvalue weighted by Gasteiger charge is 2.29. The molecule has 9 heteroatoms. The number of ether oxygens (including phenoxy) is 1. The Labute approximate surface area is 197 Å². The van der Waals surface area contributed by atoms with Gasteiger partial charge in [0.15, 0.2) is 0 Å². The lowest BCUT2D eigenvalue weighted by molar-refractivity contribution is 0.173. The number of pyridine rings is 2. The van der Waals surface area contributed by atoms with E-state index in [1.165, 1.54) is 6.26 Å². The Hall–Kier alpha value is -4.11. The maximum atomic E-state index is 5.49. The summed E-state index contributed by atoms with van der Waals surface area (Å²) in [6.45, 7) is 3.03. The van der Waals surface area contributed by atoms with Crippen LogP contribution < -0.4 is 9.80 Å². The molecule has 34 heavy (non-hydrogen) atoms. The topological polar surface area (TPSA) is 93.3 Å². The van der Waals surface area contributed by atoms with Crippen molar-refractivity contribution in [1.29, 1.82) is 0 Å². The minimum atomic E-state index is 0.135. The van der Waals surface area contributed by atoms with Crippen molar-refractivity contribution in [1.82, 2.24) is 24.9 Å². The molecule has 4 aromatic heterocycles. The van der Waals surface area contributed by atoms with Crippen LogP contribution in [0.2, 0.25) is 0 Å². The molecule has 1 aliphatic rings. The Morgan fingerprint density at radius 2 is 1.79 bits per heavy atom. The lowest BCUT2D eigenvalue weighted by Gasteiger charge is -2.41. The van der Waals surface area contributed by atoms with Crippen LogP contribution in [0.4, 0.5) is 11.8 Å². The maximum absolute atomic E-state index is 5.49. The molecule has 0 aromatic carbocycles. The van der Waals surface area contributed by atoms with Crippen LogP contribution in [0.25, 0.3) is 23.7 Å². The average molecular weight is 456 g/mol. The number of methoxy groups -OCH3 is 1. The van der Waals surface area contributed by atoms with Crippen LogP contribution in [0.15, 0.2) is 72.0 Å². The van der Waals surface area contributed by atoms with Gasteiger partial charge in [0.2, 0.25) is 11.8 Å². The van der Waals surface area contributed by atoms with Crippen LogP contribution in [-0.2, 0) is 4.74 Å². The van der Waals surface area contributed by atoms with E-state index in [0.717, 1.165) is 36.6 Å². The van der Waals surface area contributed by atoms with Gasteiger partial charge in [-0.25, -0.2) is 19.9 Å². The Bertz CT molecular complexity index is 1200. The quantitative estimate of drug-likeness (QED) is 0.415. The van der Waals surface area contributed by atoms with Crippen LogP contribution in [0, 0.1) is 0 Å². The first kappa shape index (κ1) is 21.7. The zero-order valence-electron chi connectivity index (χ0n) is 18.9. The Balaban J connectivity index is 1.25. The van der Waals surface area contributed by atoms with Gasteiger partial charge in [0.05, 0.1) is 18.8 Å². The molecule has 9 nitrogen and oxygen atoms in total. The highest BCUT2D eigenvalue weighted by atomic mass is 16.5. The van der Waals surface area contributed by atoms with Crippen LogP contribution in [0.3, 0.4) is 0 Å². The molecule has 0 unspecified atom stereocenters. The van der Waals surface area contributed by atoms with E-state index >= 15 is 0 Å². The summed E-state index contributed by atoms with van der Waals surface area (Å²) < 4.78 is 10.8. The van der Waals surface area contributed by atoms with Crippen molar-refractivity contribution >= 4 is 23.9 Å². The third-order valence-electron chi connectivity index (χ3n) is 5.64. The second kappa shape index (κ2) is 10.2. The average Bonchev–Trinajstić information content (AvgIpc) is 3.44. The Morgan fingerprint density at radius 1 is 0.941 bits per heavy atom. The molecule has 0 radical (unpaired) electrons. The van der Waals surface area contributed by atoms with Crippen molar-refractivity contribution in [2.24, 2.45) is 0 Å². The summed E-state index contributed by atoms with van der Waals surface area (Å²) in [6.07, 6.45) is 14.4. The largest absolute Gasteiger partial charge is 0.443 e. The fourth-order valence-corrected chi connectivity index (χ4v) is 3.94. The van der Waals surface area contributed by atoms with Gasteiger partial charge in [-0.2, -0.15) is 0 Å². The van der Waals surface area contributed by atoms with Gasteiger partial charge in [0.25, 0.3) is 0 Å². The van der Waals surface area contributed by atoms with Crippen LogP contribution in [0.1, 0.15) is 11.1 Å². The molecule has 5 heterocycles. The van der Waals surface area contributed by atoms with Crippen molar-refractivity contribution in [3.05, 3.63) is 78.7 Å². The predicted octanol–water partition coefficient (Wildman–Crippen LogP) is 3.43. The van der Waals surface area contributed by atoms with Crippen molar-refractivity contribution in [3.63, 3.8) is 0 Å². The molecule has 4 aromatic rings. The van der Waals surface area contributed by atoms with Gasteiger partial charge in [-0.3, -0.25) is 4.98 Å². The SMILES string of the molecule is COC[C@H]1CN(c2ccccn2)CCN1c1ncc(/C=C/c2ccc(-c3ncco3)nc2)cn1. The summed E-state index contributed by atoms with van der Waals surface area (Å²) in [5, 5.41) is 0. The number of piperazine rings is 1. The minimum Gasteiger partial charge on any atom is -0.443 e. The first-order valence-electron chi connectivity index (χ1n) is 11.1. The van der Waals surface area contributed by atoms with Gasteiger partial charge >= 0.3 is 0 Å². The van der Waals surface area contributed by atoms with Crippen LogP contribution >= 0.6 is 0 Å².